The van der Waals surface area contributed by atoms with Crippen molar-refractivity contribution in [3.05, 3.63) is 36.3 Å². The fraction of sp³-hybridized carbons (Fsp3) is 0.267. The lowest BCUT2D eigenvalue weighted by molar-refractivity contribution is -0.118. The van der Waals surface area contributed by atoms with E-state index in [0.717, 1.165) is 5.12 Å². The highest BCUT2D eigenvalue weighted by molar-refractivity contribution is 7.90. The number of amides is 2. The summed E-state index contributed by atoms with van der Waals surface area (Å²) in [4.78, 5) is 26.8. The lowest BCUT2D eigenvalue weighted by Crippen LogP contribution is -2.53. The van der Waals surface area contributed by atoms with Crippen LogP contribution in [0.4, 0.5) is 4.79 Å². The van der Waals surface area contributed by atoms with E-state index >= 15 is 0 Å². The predicted octanol–water partition coefficient (Wildman–Crippen LogP) is 0.193. The highest BCUT2D eigenvalue weighted by Crippen LogP contribution is 2.23. The molecule has 12 heteroatoms. The first-order valence-electron chi connectivity index (χ1n) is 7.59. The first-order valence-corrected chi connectivity index (χ1v) is 9.08. The molecule has 11 nitrogen and oxygen atoms in total. The topological polar surface area (TPSA) is 130 Å². The molecule has 0 saturated carbocycles. The number of nitrogens with zero attached hydrogens (tertiary/aromatic N) is 3. The van der Waals surface area contributed by atoms with Gasteiger partial charge in [0.15, 0.2) is 5.78 Å². The normalized spacial score (nSPS) is 13.7. The summed E-state index contributed by atoms with van der Waals surface area (Å²) in [6.07, 6.45) is 2.70. The van der Waals surface area contributed by atoms with Crippen LogP contribution in [-0.2, 0) is 19.6 Å². The molecule has 27 heavy (non-hydrogen) atoms. The SMILES string of the molecule is COC1=CN(C)N(NC(=O)NS(=O)(=O)c2ccccc2OCC(C)=O)C=N1. The number of Topliss-reactive ketones (excluding diaryl/α,β-unsaturated/α-hetero) is 1. The highest BCUT2D eigenvalue weighted by Gasteiger charge is 2.24. The van der Waals surface area contributed by atoms with Crippen molar-refractivity contribution in [1.82, 2.24) is 20.3 Å². The number of carbonyl (C=O) groups excluding carboxylic acids is 2. The molecule has 1 heterocycles. The number of urea groups is 1. The van der Waals surface area contributed by atoms with Crippen LogP contribution in [0.1, 0.15) is 6.92 Å². The van der Waals surface area contributed by atoms with Gasteiger partial charge in [0, 0.05) is 7.05 Å². The van der Waals surface area contributed by atoms with E-state index in [9.17, 15) is 18.0 Å². The van der Waals surface area contributed by atoms with Crippen molar-refractivity contribution in [2.45, 2.75) is 11.8 Å². The minimum Gasteiger partial charge on any atom is -0.484 e. The Morgan fingerprint density at radius 2 is 1.96 bits per heavy atom. The summed E-state index contributed by atoms with van der Waals surface area (Å²) in [5.74, 6) is -0.0127. The number of nitrogens with one attached hydrogen (secondary N) is 2. The van der Waals surface area contributed by atoms with Gasteiger partial charge in [0.1, 0.15) is 23.6 Å². The Bertz CT molecular complexity index is 882. The highest BCUT2D eigenvalue weighted by atomic mass is 32.2. The van der Waals surface area contributed by atoms with Crippen LogP contribution in [0.25, 0.3) is 0 Å². The quantitative estimate of drug-likeness (QED) is 0.667. The van der Waals surface area contributed by atoms with Crippen LogP contribution in [-0.4, -0.2) is 57.5 Å². The van der Waals surface area contributed by atoms with Crippen LogP contribution >= 0.6 is 0 Å². The van der Waals surface area contributed by atoms with Gasteiger partial charge >= 0.3 is 6.03 Å². The average molecular weight is 397 g/mol. The second-order valence-corrected chi connectivity index (χ2v) is 6.97. The van der Waals surface area contributed by atoms with Crippen LogP contribution in [0.15, 0.2) is 46.2 Å². The molecule has 1 aromatic carbocycles. The summed E-state index contributed by atoms with van der Waals surface area (Å²) in [5.41, 5.74) is 2.29. The van der Waals surface area contributed by atoms with E-state index in [2.05, 4.69) is 10.4 Å². The maximum absolute atomic E-state index is 12.5. The van der Waals surface area contributed by atoms with Gasteiger partial charge in [-0.25, -0.2) is 23.4 Å². The van der Waals surface area contributed by atoms with Gasteiger partial charge in [-0.1, -0.05) is 12.1 Å². The van der Waals surface area contributed by atoms with Gasteiger partial charge in [-0.05, 0) is 19.1 Å². The van der Waals surface area contributed by atoms with Gasteiger partial charge in [-0.15, -0.1) is 0 Å². The van der Waals surface area contributed by atoms with E-state index in [0.29, 0.717) is 5.88 Å². The second kappa shape index (κ2) is 8.40. The predicted molar refractivity (Wildman–Crippen MR) is 94.7 cm³/mol. The number of para-hydroxylation sites is 1. The number of hydrogen-bond acceptors (Lipinski definition) is 9. The van der Waals surface area contributed by atoms with Gasteiger partial charge < -0.3 is 9.47 Å². The van der Waals surface area contributed by atoms with Gasteiger partial charge in [-0.2, -0.15) is 10.1 Å². The maximum atomic E-state index is 12.5. The van der Waals surface area contributed by atoms with E-state index in [4.69, 9.17) is 9.47 Å². The molecular weight excluding hydrogens is 378 g/mol. The summed E-state index contributed by atoms with van der Waals surface area (Å²) >= 11 is 0. The Labute approximate surface area is 156 Å². The minimum atomic E-state index is -4.25. The van der Waals surface area contributed by atoms with Crippen molar-refractivity contribution in [3.63, 3.8) is 0 Å². The molecule has 0 aromatic heterocycles. The number of carbonyl (C=O) groups is 2. The van der Waals surface area contributed by atoms with Gasteiger partial charge in [0.2, 0.25) is 5.88 Å². The summed E-state index contributed by atoms with van der Waals surface area (Å²) in [6, 6.07) is 4.64. The zero-order valence-electron chi connectivity index (χ0n) is 14.9. The Hall–Kier alpha value is -3.28. The lowest BCUT2D eigenvalue weighted by Gasteiger charge is -2.30. The number of hydrogen-bond donors (Lipinski definition) is 2. The van der Waals surface area contributed by atoms with E-state index < -0.39 is 16.1 Å². The molecule has 0 unspecified atom stereocenters. The third-order valence-electron chi connectivity index (χ3n) is 3.15. The molecule has 0 aliphatic carbocycles. The number of benzene rings is 1. The molecule has 146 valence electrons. The van der Waals surface area contributed by atoms with Gasteiger partial charge in [-0.3, -0.25) is 9.80 Å². The van der Waals surface area contributed by atoms with Crippen molar-refractivity contribution < 1.29 is 27.5 Å². The van der Waals surface area contributed by atoms with Crippen molar-refractivity contribution >= 4 is 28.2 Å². The molecule has 0 radical (unpaired) electrons. The van der Waals surface area contributed by atoms with E-state index in [-0.39, 0.29) is 23.0 Å². The summed E-state index contributed by atoms with van der Waals surface area (Å²) in [5, 5.41) is 2.56. The third kappa shape index (κ3) is 5.34. The fourth-order valence-corrected chi connectivity index (χ4v) is 2.99. The van der Waals surface area contributed by atoms with Gasteiger partial charge in [0.05, 0.1) is 13.3 Å². The molecular formula is C15H19N5O6S. The number of methoxy groups -OCH3 is 1. The average Bonchev–Trinajstić information content (AvgIpc) is 2.61. The van der Waals surface area contributed by atoms with Crippen molar-refractivity contribution in [2.24, 2.45) is 4.99 Å². The molecule has 0 atom stereocenters. The van der Waals surface area contributed by atoms with Crippen molar-refractivity contribution in [3.8, 4) is 5.75 Å². The smallest absolute Gasteiger partial charge is 0.349 e. The van der Waals surface area contributed by atoms with Crippen molar-refractivity contribution in [2.75, 3.05) is 20.8 Å². The molecule has 0 saturated heterocycles. The molecule has 2 N–H and O–H groups in total. The maximum Gasteiger partial charge on any atom is 0.349 e. The molecule has 2 amide bonds. The zero-order valence-corrected chi connectivity index (χ0v) is 15.7. The third-order valence-corrected chi connectivity index (χ3v) is 4.52. The van der Waals surface area contributed by atoms with E-state index in [1.54, 1.807) is 13.1 Å². The lowest BCUT2D eigenvalue weighted by atomic mass is 10.3. The van der Waals surface area contributed by atoms with Crippen LogP contribution in [0, 0.1) is 0 Å². The molecule has 0 fully saturated rings. The molecule has 2 rings (SSSR count). The molecule has 1 aromatic rings. The summed E-state index contributed by atoms with van der Waals surface area (Å²) in [7, 11) is -1.23. The number of hydrazine groups is 2. The van der Waals surface area contributed by atoms with Crippen LogP contribution in [0.2, 0.25) is 0 Å². The molecule has 1 aliphatic heterocycles. The minimum absolute atomic E-state index is 0.0441. The zero-order chi connectivity index (χ0) is 20.0. The monoisotopic (exact) mass is 397 g/mol. The number of ketones is 1. The number of sulfonamides is 1. The summed E-state index contributed by atoms with van der Waals surface area (Å²) in [6.45, 7) is 1.02. The first kappa shape index (κ1) is 20.0. The first-order chi connectivity index (χ1) is 12.7. The number of rotatable bonds is 7. The van der Waals surface area contributed by atoms with Crippen LogP contribution in [0.5, 0.6) is 5.75 Å². The molecule has 1 aliphatic rings. The van der Waals surface area contributed by atoms with E-state index in [1.807, 2.05) is 4.72 Å². The number of ether oxygens (including phenoxy) is 2. The Kier molecular flexibility index (Phi) is 6.23. The van der Waals surface area contributed by atoms with Crippen molar-refractivity contribution in [1.29, 1.82) is 0 Å². The fourth-order valence-electron chi connectivity index (χ4n) is 1.94. The molecule has 0 bridgehead atoms. The van der Waals surface area contributed by atoms with Crippen LogP contribution < -0.4 is 14.9 Å². The molecule has 0 spiro atoms. The summed E-state index contributed by atoms with van der Waals surface area (Å²) < 4.78 is 37.0. The van der Waals surface area contributed by atoms with Crippen LogP contribution in [0.3, 0.4) is 0 Å². The second-order valence-electron chi connectivity index (χ2n) is 5.32. The standard InChI is InChI=1S/C15H19N5O6S/c1-11(21)9-26-12-6-4-5-7-13(12)27(23,24)18-15(22)17-20-10-16-14(25-3)8-19(20)2/h4-8,10H,9H2,1-3H3,(H2,17,18,22). The Morgan fingerprint density at radius 1 is 1.26 bits per heavy atom. The Morgan fingerprint density at radius 3 is 2.59 bits per heavy atom. The van der Waals surface area contributed by atoms with E-state index in [1.165, 1.54) is 49.8 Å². The largest absolute Gasteiger partial charge is 0.484 e. The van der Waals surface area contributed by atoms with Gasteiger partial charge in [0.25, 0.3) is 10.0 Å². The number of aliphatic imine (C=N–C) groups is 1. The Balaban J connectivity index is 2.08.